The van der Waals surface area contributed by atoms with E-state index in [9.17, 15) is 9.59 Å². The molecule has 0 aliphatic rings. The Bertz CT molecular complexity index is 415. The topological polar surface area (TPSA) is 104 Å². The highest BCUT2D eigenvalue weighted by atomic mass is 32.1. The van der Waals surface area contributed by atoms with Gasteiger partial charge in [0.15, 0.2) is 0 Å². The Morgan fingerprint density at radius 2 is 2.06 bits per heavy atom. The lowest BCUT2D eigenvalue weighted by molar-refractivity contribution is -0.142. The molecule has 0 saturated carbocycles. The Hall–Kier alpha value is -1.70. The quantitative estimate of drug-likeness (QED) is 0.730. The van der Waals surface area contributed by atoms with Gasteiger partial charge in [-0.15, -0.1) is 0 Å². The molecule has 3 N–H and O–H groups in total. The molecule has 16 heavy (non-hydrogen) atoms. The van der Waals surface area contributed by atoms with E-state index in [0.29, 0.717) is 11.0 Å². The van der Waals surface area contributed by atoms with Crippen LogP contribution in [0.3, 0.4) is 0 Å². The van der Waals surface area contributed by atoms with Gasteiger partial charge in [0, 0.05) is 11.5 Å². The highest BCUT2D eigenvalue weighted by Gasteiger charge is 2.29. The summed E-state index contributed by atoms with van der Waals surface area (Å²) in [6.45, 7) is 4.47. The van der Waals surface area contributed by atoms with Gasteiger partial charge in [0.2, 0.25) is 5.13 Å². The van der Waals surface area contributed by atoms with Crippen molar-refractivity contribution in [1.29, 1.82) is 0 Å². The van der Waals surface area contributed by atoms with Crippen molar-refractivity contribution >= 4 is 28.7 Å². The van der Waals surface area contributed by atoms with Gasteiger partial charge in [0.25, 0.3) is 0 Å². The molecule has 88 valence electrons. The van der Waals surface area contributed by atoms with E-state index in [4.69, 9.17) is 5.11 Å². The van der Waals surface area contributed by atoms with Gasteiger partial charge < -0.3 is 10.4 Å². The zero-order valence-corrected chi connectivity index (χ0v) is 9.88. The van der Waals surface area contributed by atoms with Crippen LogP contribution in [-0.4, -0.2) is 32.0 Å². The Morgan fingerprint density at radius 1 is 1.44 bits per heavy atom. The van der Waals surface area contributed by atoms with Gasteiger partial charge in [-0.25, -0.2) is 14.6 Å². The van der Waals surface area contributed by atoms with Crippen molar-refractivity contribution in [3.8, 4) is 0 Å². The highest BCUT2D eigenvalue weighted by Crippen LogP contribution is 2.10. The second-order valence-corrected chi connectivity index (χ2v) is 4.41. The Balaban J connectivity index is 2.58. The fourth-order valence-corrected chi connectivity index (χ4v) is 1.38. The van der Waals surface area contributed by atoms with Gasteiger partial charge >= 0.3 is 12.0 Å². The first-order valence-corrected chi connectivity index (χ1v) is 5.21. The molecular weight excluding hydrogens is 232 g/mol. The van der Waals surface area contributed by atoms with Gasteiger partial charge in [-0.2, -0.15) is 4.37 Å². The van der Waals surface area contributed by atoms with Crippen molar-refractivity contribution in [3.63, 3.8) is 0 Å². The molecule has 0 spiro atoms. The maximum Gasteiger partial charge on any atom is 0.328 e. The number of hydrogen-bond donors (Lipinski definition) is 3. The third-order valence-corrected chi connectivity index (χ3v) is 2.43. The standard InChI is InChI=1S/C8H12N4O3S/c1-4-9-7(16-12-4)10-6(15)11-8(2,3)5(13)14/h1-3H3,(H,13,14)(H2,9,10,11,12,15). The minimum atomic E-state index is -1.33. The molecule has 0 aliphatic heterocycles. The molecule has 1 rings (SSSR count). The van der Waals surface area contributed by atoms with E-state index in [0.717, 1.165) is 11.5 Å². The molecule has 2 amide bonds. The number of rotatable bonds is 3. The molecule has 1 heterocycles. The third kappa shape index (κ3) is 3.16. The third-order valence-electron chi connectivity index (χ3n) is 1.71. The number of urea groups is 1. The number of nitrogens with one attached hydrogen (secondary N) is 2. The van der Waals surface area contributed by atoms with E-state index < -0.39 is 17.5 Å². The number of carboxylic acid groups (broad SMARTS) is 1. The molecule has 0 atom stereocenters. The Kier molecular flexibility index (Phi) is 3.43. The molecule has 1 aromatic rings. The van der Waals surface area contributed by atoms with Crippen LogP contribution >= 0.6 is 11.5 Å². The van der Waals surface area contributed by atoms with Crippen LogP contribution < -0.4 is 10.6 Å². The van der Waals surface area contributed by atoms with Crippen molar-refractivity contribution < 1.29 is 14.7 Å². The van der Waals surface area contributed by atoms with Crippen molar-refractivity contribution in [2.75, 3.05) is 5.32 Å². The first kappa shape index (κ1) is 12.4. The molecule has 0 fully saturated rings. The summed E-state index contributed by atoms with van der Waals surface area (Å²) < 4.78 is 3.87. The van der Waals surface area contributed by atoms with Gasteiger partial charge in [-0.05, 0) is 20.8 Å². The SMILES string of the molecule is Cc1nsc(NC(=O)NC(C)(C)C(=O)O)n1. The van der Waals surface area contributed by atoms with E-state index in [-0.39, 0.29) is 0 Å². The minimum absolute atomic E-state index is 0.330. The zero-order valence-electron chi connectivity index (χ0n) is 9.07. The summed E-state index contributed by atoms with van der Waals surface area (Å²) in [6.07, 6.45) is 0. The highest BCUT2D eigenvalue weighted by molar-refractivity contribution is 7.09. The van der Waals surface area contributed by atoms with E-state index in [1.54, 1.807) is 6.92 Å². The van der Waals surface area contributed by atoms with Gasteiger partial charge in [0.1, 0.15) is 11.4 Å². The van der Waals surface area contributed by atoms with E-state index >= 15 is 0 Å². The minimum Gasteiger partial charge on any atom is -0.480 e. The number of aryl methyl sites for hydroxylation is 1. The van der Waals surface area contributed by atoms with Crippen LogP contribution in [0.2, 0.25) is 0 Å². The average Bonchev–Trinajstić information content (AvgIpc) is 2.49. The van der Waals surface area contributed by atoms with Crippen LogP contribution in [0.4, 0.5) is 9.93 Å². The molecular formula is C8H12N4O3S. The van der Waals surface area contributed by atoms with E-state index in [2.05, 4.69) is 20.0 Å². The Morgan fingerprint density at radius 3 is 2.50 bits per heavy atom. The molecule has 8 heteroatoms. The monoisotopic (exact) mass is 244 g/mol. The average molecular weight is 244 g/mol. The van der Waals surface area contributed by atoms with Crippen LogP contribution in [0.1, 0.15) is 19.7 Å². The fourth-order valence-electron chi connectivity index (χ4n) is 0.814. The molecule has 0 aromatic carbocycles. The fraction of sp³-hybridized carbons (Fsp3) is 0.500. The molecule has 7 nitrogen and oxygen atoms in total. The number of nitrogens with zero attached hydrogens (tertiary/aromatic N) is 2. The number of amides is 2. The number of hydrogen-bond acceptors (Lipinski definition) is 5. The van der Waals surface area contributed by atoms with Gasteiger partial charge in [-0.1, -0.05) is 0 Å². The maximum atomic E-state index is 11.4. The first-order chi connectivity index (χ1) is 7.31. The van der Waals surface area contributed by atoms with Crippen LogP contribution in [0.5, 0.6) is 0 Å². The van der Waals surface area contributed by atoms with Gasteiger partial charge in [-0.3, -0.25) is 5.32 Å². The summed E-state index contributed by atoms with van der Waals surface area (Å²) in [4.78, 5) is 26.1. The summed E-state index contributed by atoms with van der Waals surface area (Å²) in [5.41, 5.74) is -1.33. The van der Waals surface area contributed by atoms with Crippen LogP contribution in [-0.2, 0) is 4.79 Å². The Labute approximate surface area is 96.1 Å². The van der Waals surface area contributed by atoms with E-state index in [1.807, 2.05) is 0 Å². The summed E-state index contributed by atoms with van der Waals surface area (Å²) in [7, 11) is 0. The normalized spacial score (nSPS) is 10.9. The predicted octanol–water partition coefficient (Wildman–Crippen LogP) is 0.831. The molecule has 0 bridgehead atoms. The molecule has 0 radical (unpaired) electrons. The predicted molar refractivity (Wildman–Crippen MR) is 58.5 cm³/mol. The van der Waals surface area contributed by atoms with Crippen LogP contribution in [0.15, 0.2) is 0 Å². The van der Waals surface area contributed by atoms with Crippen molar-refractivity contribution in [2.45, 2.75) is 26.3 Å². The largest absolute Gasteiger partial charge is 0.480 e. The zero-order chi connectivity index (χ0) is 12.3. The summed E-state index contributed by atoms with van der Waals surface area (Å²) >= 11 is 1.03. The van der Waals surface area contributed by atoms with Crippen molar-refractivity contribution in [1.82, 2.24) is 14.7 Å². The number of anilines is 1. The maximum absolute atomic E-state index is 11.4. The summed E-state index contributed by atoms with van der Waals surface area (Å²) in [6, 6.07) is -0.622. The second kappa shape index (κ2) is 4.44. The van der Waals surface area contributed by atoms with Crippen molar-refractivity contribution in [3.05, 3.63) is 5.82 Å². The van der Waals surface area contributed by atoms with E-state index in [1.165, 1.54) is 13.8 Å². The van der Waals surface area contributed by atoms with Crippen LogP contribution in [0.25, 0.3) is 0 Å². The number of carboxylic acids is 1. The molecule has 1 aromatic heterocycles. The first-order valence-electron chi connectivity index (χ1n) is 4.44. The summed E-state index contributed by atoms with van der Waals surface area (Å²) in [5.74, 6) is -0.561. The number of carbonyl (C=O) groups excluding carboxylic acids is 1. The number of aromatic nitrogens is 2. The molecule has 0 aliphatic carbocycles. The lowest BCUT2D eigenvalue weighted by atomic mass is 10.1. The van der Waals surface area contributed by atoms with Crippen molar-refractivity contribution in [2.24, 2.45) is 0 Å². The lowest BCUT2D eigenvalue weighted by Crippen LogP contribution is -2.51. The number of aliphatic carboxylic acids is 1. The molecule has 0 unspecified atom stereocenters. The second-order valence-electron chi connectivity index (χ2n) is 3.66. The number of carbonyl (C=O) groups is 2. The smallest absolute Gasteiger partial charge is 0.328 e. The lowest BCUT2D eigenvalue weighted by Gasteiger charge is -2.20. The summed E-state index contributed by atoms with van der Waals surface area (Å²) in [5, 5.41) is 13.8. The van der Waals surface area contributed by atoms with Crippen LogP contribution in [0, 0.1) is 6.92 Å². The molecule has 0 saturated heterocycles. The van der Waals surface area contributed by atoms with Gasteiger partial charge in [0.05, 0.1) is 0 Å².